The topological polar surface area (TPSA) is 65.5 Å². The van der Waals surface area contributed by atoms with E-state index < -0.39 is 0 Å². The molecule has 1 aromatic carbocycles. The Morgan fingerprint density at radius 1 is 1.32 bits per heavy atom. The molecule has 0 fully saturated rings. The molecule has 6 heteroatoms. The highest BCUT2D eigenvalue weighted by molar-refractivity contribution is 7.19. The molecule has 2 amide bonds. The van der Waals surface area contributed by atoms with E-state index in [0.29, 0.717) is 18.2 Å². The van der Waals surface area contributed by atoms with Crippen molar-refractivity contribution in [3.8, 4) is 10.4 Å². The maximum atomic E-state index is 12.2. The number of hydrogen-bond donors (Lipinski definition) is 2. The van der Waals surface area contributed by atoms with E-state index in [1.54, 1.807) is 4.90 Å². The molecule has 5 nitrogen and oxygen atoms in total. The standard InChI is InChI=1S/C16H21N3O2S/c1-3-9-19(10-11-20)16(21)18-15-17-12(2)14(22-15)13-7-5-4-6-8-13/h4-8,20H,3,9-11H2,1-2H3,(H,17,18,21). The van der Waals surface area contributed by atoms with Crippen LogP contribution in [-0.4, -0.2) is 40.7 Å². The van der Waals surface area contributed by atoms with Gasteiger partial charge in [-0.2, -0.15) is 0 Å². The Balaban J connectivity index is 2.12. The number of hydrogen-bond acceptors (Lipinski definition) is 4. The molecule has 0 spiro atoms. The summed E-state index contributed by atoms with van der Waals surface area (Å²) in [5.41, 5.74) is 1.99. The number of benzene rings is 1. The van der Waals surface area contributed by atoms with E-state index in [0.717, 1.165) is 22.6 Å². The molecule has 1 aromatic heterocycles. The van der Waals surface area contributed by atoms with E-state index in [1.165, 1.54) is 11.3 Å². The first-order valence-electron chi connectivity index (χ1n) is 7.35. The zero-order valence-electron chi connectivity index (χ0n) is 12.9. The van der Waals surface area contributed by atoms with Crippen LogP contribution in [0.3, 0.4) is 0 Å². The molecule has 0 saturated carbocycles. The quantitative estimate of drug-likeness (QED) is 0.858. The van der Waals surface area contributed by atoms with E-state index in [1.807, 2.05) is 44.2 Å². The van der Waals surface area contributed by atoms with Gasteiger partial charge in [0.15, 0.2) is 5.13 Å². The highest BCUT2D eigenvalue weighted by atomic mass is 32.1. The van der Waals surface area contributed by atoms with Crippen LogP contribution in [0.2, 0.25) is 0 Å². The van der Waals surface area contributed by atoms with Crippen LogP contribution < -0.4 is 5.32 Å². The Kier molecular flexibility index (Phi) is 5.91. The Morgan fingerprint density at radius 3 is 2.68 bits per heavy atom. The van der Waals surface area contributed by atoms with E-state index in [-0.39, 0.29) is 12.6 Å². The lowest BCUT2D eigenvalue weighted by Crippen LogP contribution is -2.37. The van der Waals surface area contributed by atoms with Crippen molar-refractivity contribution in [1.82, 2.24) is 9.88 Å². The fourth-order valence-electron chi connectivity index (χ4n) is 2.18. The summed E-state index contributed by atoms with van der Waals surface area (Å²) >= 11 is 1.46. The van der Waals surface area contributed by atoms with Crippen molar-refractivity contribution < 1.29 is 9.90 Å². The molecule has 0 saturated heterocycles. The highest BCUT2D eigenvalue weighted by Crippen LogP contribution is 2.32. The number of nitrogens with zero attached hydrogens (tertiary/aromatic N) is 2. The van der Waals surface area contributed by atoms with Gasteiger partial charge in [0.25, 0.3) is 0 Å². The third kappa shape index (κ3) is 4.05. The summed E-state index contributed by atoms with van der Waals surface area (Å²) < 4.78 is 0. The minimum absolute atomic E-state index is 0.0421. The van der Waals surface area contributed by atoms with Gasteiger partial charge in [0.2, 0.25) is 0 Å². The van der Waals surface area contributed by atoms with Gasteiger partial charge in [0.1, 0.15) is 0 Å². The zero-order valence-corrected chi connectivity index (χ0v) is 13.7. The maximum Gasteiger partial charge on any atom is 0.323 e. The Labute approximate surface area is 134 Å². The van der Waals surface area contributed by atoms with Crippen LogP contribution in [0.1, 0.15) is 19.0 Å². The number of anilines is 1. The summed E-state index contributed by atoms with van der Waals surface area (Å²) in [5.74, 6) is 0. The molecule has 0 atom stereocenters. The van der Waals surface area contributed by atoms with Crippen molar-refractivity contribution >= 4 is 22.5 Å². The van der Waals surface area contributed by atoms with Crippen LogP contribution >= 0.6 is 11.3 Å². The van der Waals surface area contributed by atoms with Crippen LogP contribution in [0.25, 0.3) is 10.4 Å². The van der Waals surface area contributed by atoms with Crippen molar-refractivity contribution in [3.63, 3.8) is 0 Å². The second kappa shape index (κ2) is 7.91. The maximum absolute atomic E-state index is 12.2. The second-order valence-electron chi connectivity index (χ2n) is 4.94. The van der Waals surface area contributed by atoms with E-state index in [4.69, 9.17) is 5.11 Å². The van der Waals surface area contributed by atoms with Crippen molar-refractivity contribution in [2.45, 2.75) is 20.3 Å². The van der Waals surface area contributed by atoms with Gasteiger partial charge in [0.05, 0.1) is 17.2 Å². The number of carbonyl (C=O) groups is 1. The van der Waals surface area contributed by atoms with Crippen LogP contribution in [0.15, 0.2) is 30.3 Å². The molecule has 0 aliphatic carbocycles. The van der Waals surface area contributed by atoms with Crippen molar-refractivity contribution in [1.29, 1.82) is 0 Å². The molecular weight excluding hydrogens is 298 g/mol. The van der Waals surface area contributed by atoms with Crippen molar-refractivity contribution in [2.24, 2.45) is 0 Å². The molecule has 0 aliphatic heterocycles. The summed E-state index contributed by atoms with van der Waals surface area (Å²) in [4.78, 5) is 19.3. The van der Waals surface area contributed by atoms with E-state index in [2.05, 4.69) is 10.3 Å². The van der Waals surface area contributed by atoms with E-state index in [9.17, 15) is 4.79 Å². The molecule has 0 bridgehead atoms. The van der Waals surface area contributed by atoms with Crippen molar-refractivity contribution in [3.05, 3.63) is 36.0 Å². The Hall–Kier alpha value is -1.92. The van der Waals surface area contributed by atoms with Gasteiger partial charge in [-0.05, 0) is 18.9 Å². The van der Waals surface area contributed by atoms with E-state index >= 15 is 0 Å². The predicted octanol–water partition coefficient (Wildman–Crippen LogP) is 3.35. The third-order valence-electron chi connectivity index (χ3n) is 3.20. The number of aryl methyl sites for hydroxylation is 1. The minimum Gasteiger partial charge on any atom is -0.395 e. The molecule has 0 aliphatic rings. The van der Waals surface area contributed by atoms with Gasteiger partial charge in [-0.1, -0.05) is 48.6 Å². The SMILES string of the molecule is CCCN(CCO)C(=O)Nc1nc(C)c(-c2ccccc2)s1. The van der Waals surface area contributed by atoms with Crippen molar-refractivity contribution in [2.75, 3.05) is 25.0 Å². The van der Waals surface area contributed by atoms with Gasteiger partial charge in [-0.15, -0.1) is 0 Å². The number of aliphatic hydroxyl groups is 1. The normalized spacial score (nSPS) is 10.5. The first-order valence-corrected chi connectivity index (χ1v) is 8.17. The molecule has 2 N–H and O–H groups in total. The average molecular weight is 319 g/mol. The number of aromatic nitrogens is 1. The van der Waals surface area contributed by atoms with Crippen LogP contribution in [0, 0.1) is 6.92 Å². The number of urea groups is 1. The molecule has 0 radical (unpaired) electrons. The van der Waals surface area contributed by atoms with Gasteiger partial charge in [-0.3, -0.25) is 5.32 Å². The average Bonchev–Trinajstić information content (AvgIpc) is 2.88. The first-order chi connectivity index (χ1) is 10.7. The van der Waals surface area contributed by atoms with Gasteiger partial charge in [-0.25, -0.2) is 9.78 Å². The number of carbonyl (C=O) groups excluding carboxylic acids is 1. The largest absolute Gasteiger partial charge is 0.395 e. The minimum atomic E-state index is -0.218. The summed E-state index contributed by atoms with van der Waals surface area (Å²) in [6.45, 7) is 4.84. The first kappa shape index (κ1) is 16.5. The van der Waals surface area contributed by atoms with Crippen LogP contribution in [0.4, 0.5) is 9.93 Å². The molecule has 22 heavy (non-hydrogen) atoms. The monoisotopic (exact) mass is 319 g/mol. The van der Waals surface area contributed by atoms with Gasteiger partial charge in [0, 0.05) is 13.1 Å². The van der Waals surface area contributed by atoms with Gasteiger partial charge < -0.3 is 10.0 Å². The number of thiazole rings is 1. The third-order valence-corrected chi connectivity index (χ3v) is 4.32. The van der Waals surface area contributed by atoms with Gasteiger partial charge >= 0.3 is 6.03 Å². The molecule has 118 valence electrons. The highest BCUT2D eigenvalue weighted by Gasteiger charge is 2.16. The summed E-state index contributed by atoms with van der Waals surface area (Å²) in [5, 5.41) is 12.5. The molecule has 1 heterocycles. The summed E-state index contributed by atoms with van der Waals surface area (Å²) in [6.07, 6.45) is 0.847. The lowest BCUT2D eigenvalue weighted by molar-refractivity contribution is 0.188. The zero-order chi connectivity index (χ0) is 15.9. The summed E-state index contributed by atoms with van der Waals surface area (Å²) in [6, 6.07) is 9.78. The molecular formula is C16H21N3O2S. The smallest absolute Gasteiger partial charge is 0.323 e. The predicted molar refractivity (Wildman–Crippen MR) is 90.3 cm³/mol. The number of amides is 2. The lowest BCUT2D eigenvalue weighted by Gasteiger charge is -2.20. The van der Waals surface area contributed by atoms with Crippen LogP contribution in [-0.2, 0) is 0 Å². The summed E-state index contributed by atoms with van der Waals surface area (Å²) in [7, 11) is 0. The van der Waals surface area contributed by atoms with Crippen LogP contribution in [0.5, 0.6) is 0 Å². The molecule has 2 aromatic rings. The number of nitrogens with one attached hydrogen (secondary N) is 1. The fourth-order valence-corrected chi connectivity index (χ4v) is 3.14. The number of rotatable bonds is 6. The molecule has 0 unspecified atom stereocenters. The Bertz CT molecular complexity index is 607. The lowest BCUT2D eigenvalue weighted by atomic mass is 10.2. The second-order valence-corrected chi connectivity index (χ2v) is 5.94. The molecule has 2 rings (SSSR count). The fraction of sp³-hybridized carbons (Fsp3) is 0.375. The number of aliphatic hydroxyl groups excluding tert-OH is 1. The Morgan fingerprint density at radius 2 is 2.05 bits per heavy atom.